The molecular weight excluding hydrogens is 314 g/mol. The summed E-state index contributed by atoms with van der Waals surface area (Å²) in [4.78, 5) is 11.6. The molecule has 0 spiro atoms. The highest BCUT2D eigenvalue weighted by Gasteiger charge is 2.30. The van der Waals surface area contributed by atoms with Gasteiger partial charge in [0.05, 0.1) is 5.56 Å². The first-order valence-corrected chi connectivity index (χ1v) is 6.66. The van der Waals surface area contributed by atoms with Gasteiger partial charge < -0.3 is 10.1 Å². The van der Waals surface area contributed by atoms with Crippen LogP contribution >= 0.6 is 0 Å². The maximum atomic E-state index is 13.4. The summed E-state index contributed by atoms with van der Waals surface area (Å²) in [7, 11) is 0. The summed E-state index contributed by atoms with van der Waals surface area (Å²) in [5.41, 5.74) is -0.468. The molecule has 122 valence electrons. The Morgan fingerprint density at radius 2 is 1.70 bits per heavy atom. The number of nitrogens with one attached hydrogen (secondary N) is 1. The average molecular weight is 327 g/mol. The van der Waals surface area contributed by atoms with Gasteiger partial charge in [0, 0.05) is 12.1 Å². The highest BCUT2D eigenvalue weighted by atomic mass is 19.4. The van der Waals surface area contributed by atoms with E-state index in [-0.39, 0.29) is 18.9 Å². The van der Waals surface area contributed by atoms with E-state index >= 15 is 0 Å². The van der Waals surface area contributed by atoms with Crippen molar-refractivity contribution in [2.75, 3.05) is 6.61 Å². The SMILES string of the molecule is O=C(COc1ccc(C(F)(F)F)cc1)NCc1ccccc1F. The first-order valence-electron chi connectivity index (χ1n) is 6.66. The van der Waals surface area contributed by atoms with Crippen LogP contribution < -0.4 is 10.1 Å². The largest absolute Gasteiger partial charge is 0.484 e. The number of benzene rings is 2. The molecule has 23 heavy (non-hydrogen) atoms. The first-order chi connectivity index (χ1) is 10.9. The molecule has 0 unspecified atom stereocenters. The molecule has 0 aromatic heterocycles. The molecule has 0 bridgehead atoms. The molecule has 2 aromatic carbocycles. The van der Waals surface area contributed by atoms with Crippen molar-refractivity contribution in [2.24, 2.45) is 0 Å². The summed E-state index contributed by atoms with van der Waals surface area (Å²) in [6, 6.07) is 9.99. The van der Waals surface area contributed by atoms with Crippen molar-refractivity contribution >= 4 is 5.91 Å². The molecule has 3 nitrogen and oxygen atoms in total. The molecule has 0 radical (unpaired) electrons. The van der Waals surface area contributed by atoms with Crippen molar-refractivity contribution in [1.82, 2.24) is 5.32 Å². The zero-order chi connectivity index (χ0) is 16.9. The van der Waals surface area contributed by atoms with Gasteiger partial charge in [0.2, 0.25) is 0 Å². The summed E-state index contributed by atoms with van der Waals surface area (Å²) < 4.78 is 55.6. The van der Waals surface area contributed by atoms with E-state index in [1.807, 2.05) is 0 Å². The molecule has 0 saturated heterocycles. The maximum Gasteiger partial charge on any atom is 0.416 e. The first kappa shape index (κ1) is 16.8. The van der Waals surface area contributed by atoms with Gasteiger partial charge in [-0.05, 0) is 30.3 Å². The second-order valence-corrected chi connectivity index (χ2v) is 4.68. The lowest BCUT2D eigenvalue weighted by Crippen LogP contribution is -2.28. The molecule has 0 heterocycles. The maximum absolute atomic E-state index is 13.4. The topological polar surface area (TPSA) is 38.3 Å². The highest BCUT2D eigenvalue weighted by molar-refractivity contribution is 5.77. The van der Waals surface area contributed by atoms with E-state index in [4.69, 9.17) is 4.74 Å². The summed E-state index contributed by atoms with van der Waals surface area (Å²) in [5.74, 6) is -0.802. The second-order valence-electron chi connectivity index (χ2n) is 4.68. The van der Waals surface area contributed by atoms with Crippen LogP contribution in [0.5, 0.6) is 5.75 Å². The Hall–Kier alpha value is -2.57. The third-order valence-corrected chi connectivity index (χ3v) is 2.99. The van der Waals surface area contributed by atoms with Gasteiger partial charge in [0.25, 0.3) is 5.91 Å². The van der Waals surface area contributed by atoms with Gasteiger partial charge in [-0.25, -0.2) is 4.39 Å². The van der Waals surface area contributed by atoms with Crippen molar-refractivity contribution in [2.45, 2.75) is 12.7 Å². The van der Waals surface area contributed by atoms with Crippen molar-refractivity contribution < 1.29 is 27.1 Å². The van der Waals surface area contributed by atoms with Crippen molar-refractivity contribution in [3.8, 4) is 5.75 Å². The Balaban J connectivity index is 1.81. The minimum atomic E-state index is -4.42. The van der Waals surface area contributed by atoms with Gasteiger partial charge in [-0.15, -0.1) is 0 Å². The van der Waals surface area contributed by atoms with Gasteiger partial charge >= 0.3 is 6.18 Å². The summed E-state index contributed by atoms with van der Waals surface area (Å²) >= 11 is 0. The number of hydrogen-bond donors (Lipinski definition) is 1. The van der Waals surface area contributed by atoms with Gasteiger partial charge in [-0.2, -0.15) is 13.2 Å². The van der Waals surface area contributed by atoms with E-state index in [1.54, 1.807) is 6.07 Å². The quantitative estimate of drug-likeness (QED) is 0.853. The molecule has 0 fully saturated rings. The number of rotatable bonds is 5. The normalized spacial score (nSPS) is 11.1. The van der Waals surface area contributed by atoms with E-state index in [0.29, 0.717) is 5.56 Å². The van der Waals surface area contributed by atoms with Crippen molar-refractivity contribution in [1.29, 1.82) is 0 Å². The predicted octanol–water partition coefficient (Wildman–Crippen LogP) is 3.54. The Morgan fingerprint density at radius 1 is 1.04 bits per heavy atom. The number of hydrogen-bond acceptors (Lipinski definition) is 2. The molecule has 0 saturated carbocycles. The molecule has 0 aliphatic rings. The zero-order valence-corrected chi connectivity index (χ0v) is 11.9. The third kappa shape index (κ3) is 4.98. The van der Waals surface area contributed by atoms with Crippen LogP contribution in [-0.2, 0) is 17.5 Å². The lowest BCUT2D eigenvalue weighted by molar-refractivity contribution is -0.137. The van der Waals surface area contributed by atoms with Crippen LogP contribution in [0.2, 0.25) is 0 Å². The Labute approximate surface area is 129 Å². The molecule has 1 N–H and O–H groups in total. The van der Waals surface area contributed by atoms with Gasteiger partial charge in [-0.1, -0.05) is 18.2 Å². The summed E-state index contributed by atoms with van der Waals surface area (Å²) in [5, 5.41) is 2.46. The zero-order valence-electron chi connectivity index (χ0n) is 11.9. The van der Waals surface area contributed by atoms with Gasteiger partial charge in [0.15, 0.2) is 6.61 Å². The van der Waals surface area contributed by atoms with Crippen LogP contribution in [0.4, 0.5) is 17.6 Å². The van der Waals surface area contributed by atoms with E-state index in [1.165, 1.54) is 18.2 Å². The molecule has 0 aliphatic heterocycles. The smallest absolute Gasteiger partial charge is 0.416 e. The molecule has 0 aliphatic carbocycles. The highest BCUT2D eigenvalue weighted by Crippen LogP contribution is 2.30. The fourth-order valence-corrected chi connectivity index (χ4v) is 1.78. The van der Waals surface area contributed by atoms with E-state index in [2.05, 4.69) is 5.32 Å². The monoisotopic (exact) mass is 327 g/mol. The standard InChI is InChI=1S/C16H13F4NO2/c17-14-4-2-1-3-11(14)9-21-15(22)10-23-13-7-5-12(6-8-13)16(18,19)20/h1-8H,9-10H2,(H,21,22). The van der Waals surface area contributed by atoms with Crippen LogP contribution in [0, 0.1) is 5.82 Å². The molecule has 2 aromatic rings. The Morgan fingerprint density at radius 3 is 2.30 bits per heavy atom. The molecule has 2 rings (SSSR count). The fraction of sp³-hybridized carbons (Fsp3) is 0.188. The molecule has 0 atom stereocenters. The van der Waals surface area contributed by atoms with E-state index in [9.17, 15) is 22.4 Å². The second kappa shape index (κ2) is 7.13. The fourth-order valence-electron chi connectivity index (χ4n) is 1.78. The Kier molecular flexibility index (Phi) is 5.20. The number of amides is 1. The number of carbonyl (C=O) groups is 1. The molecule has 1 amide bonds. The third-order valence-electron chi connectivity index (χ3n) is 2.99. The van der Waals surface area contributed by atoms with Gasteiger partial charge in [0.1, 0.15) is 11.6 Å². The predicted molar refractivity (Wildman–Crippen MR) is 75.2 cm³/mol. The van der Waals surface area contributed by atoms with E-state index < -0.39 is 23.5 Å². The van der Waals surface area contributed by atoms with Crippen LogP contribution in [0.25, 0.3) is 0 Å². The lowest BCUT2D eigenvalue weighted by Gasteiger charge is -2.10. The van der Waals surface area contributed by atoms with E-state index in [0.717, 1.165) is 24.3 Å². The van der Waals surface area contributed by atoms with Crippen molar-refractivity contribution in [3.05, 3.63) is 65.5 Å². The minimum Gasteiger partial charge on any atom is -0.484 e. The molecular formula is C16H13F4NO2. The number of halogens is 4. The van der Waals surface area contributed by atoms with Crippen LogP contribution in [0.1, 0.15) is 11.1 Å². The lowest BCUT2D eigenvalue weighted by atomic mass is 10.2. The summed E-state index contributed by atoms with van der Waals surface area (Å²) in [6.07, 6.45) is -4.42. The average Bonchev–Trinajstić information content (AvgIpc) is 2.51. The number of alkyl halides is 3. The van der Waals surface area contributed by atoms with Crippen LogP contribution in [-0.4, -0.2) is 12.5 Å². The van der Waals surface area contributed by atoms with Crippen LogP contribution in [0.3, 0.4) is 0 Å². The number of ether oxygens (including phenoxy) is 1. The van der Waals surface area contributed by atoms with Crippen molar-refractivity contribution in [3.63, 3.8) is 0 Å². The van der Waals surface area contributed by atoms with Crippen LogP contribution in [0.15, 0.2) is 48.5 Å². The van der Waals surface area contributed by atoms with Gasteiger partial charge in [-0.3, -0.25) is 4.79 Å². The number of carbonyl (C=O) groups excluding carboxylic acids is 1. The summed E-state index contributed by atoms with van der Waals surface area (Å²) in [6.45, 7) is -0.373. The molecule has 7 heteroatoms. The Bertz CT molecular complexity index is 669. The minimum absolute atomic E-state index is 0.00186.